The van der Waals surface area contributed by atoms with E-state index >= 15 is 0 Å². The molecule has 1 amide bonds. The summed E-state index contributed by atoms with van der Waals surface area (Å²) in [6.45, 7) is 1.94. The van der Waals surface area contributed by atoms with Crippen LogP contribution in [0, 0.1) is 6.92 Å². The van der Waals surface area contributed by atoms with Gasteiger partial charge in [0.25, 0.3) is 5.91 Å². The molecule has 0 saturated heterocycles. The number of nitrogens with one attached hydrogen (secondary N) is 1. The quantitative estimate of drug-likeness (QED) is 0.467. The van der Waals surface area contributed by atoms with Gasteiger partial charge in [-0.05, 0) is 41.8 Å². The number of carbonyl (C=O) groups excluding carboxylic acids is 1. The molecule has 3 aromatic carbocycles. The molecule has 0 atom stereocenters. The van der Waals surface area contributed by atoms with Gasteiger partial charge in [0.1, 0.15) is 0 Å². The molecule has 0 spiro atoms. The van der Waals surface area contributed by atoms with E-state index < -0.39 is 0 Å². The first-order chi connectivity index (χ1) is 12.1. The van der Waals surface area contributed by atoms with Gasteiger partial charge in [0, 0.05) is 16.3 Å². The summed E-state index contributed by atoms with van der Waals surface area (Å²) in [5.41, 5.74) is 4.12. The maximum atomic E-state index is 13.0. The van der Waals surface area contributed by atoms with E-state index in [1.807, 2.05) is 85.8 Å². The summed E-state index contributed by atoms with van der Waals surface area (Å²) in [6.07, 6.45) is 1.89. The zero-order chi connectivity index (χ0) is 17.6. The third-order valence-corrected chi connectivity index (χ3v) is 4.12. The zero-order valence-corrected chi connectivity index (χ0v) is 14.6. The molecule has 0 fully saturated rings. The van der Waals surface area contributed by atoms with Gasteiger partial charge >= 0.3 is 0 Å². The number of aryl methyl sites for hydroxylation is 1. The van der Waals surface area contributed by atoms with Crippen LogP contribution in [0.3, 0.4) is 0 Å². The van der Waals surface area contributed by atoms with Gasteiger partial charge in [0.2, 0.25) is 0 Å². The number of benzene rings is 3. The highest BCUT2D eigenvalue weighted by Crippen LogP contribution is 2.24. The number of halogens is 1. The number of rotatable bonds is 4. The molecule has 124 valence electrons. The molecule has 0 aliphatic heterocycles. The van der Waals surface area contributed by atoms with Crippen molar-refractivity contribution in [3.63, 3.8) is 0 Å². The third kappa shape index (κ3) is 4.37. The number of carbonyl (C=O) groups is 1. The van der Waals surface area contributed by atoms with Crippen LogP contribution in [-0.4, -0.2) is 5.91 Å². The molecule has 0 aromatic heterocycles. The van der Waals surface area contributed by atoms with Crippen LogP contribution in [0.4, 0.5) is 5.69 Å². The normalized spacial score (nSPS) is 11.2. The minimum Gasteiger partial charge on any atom is -0.322 e. The number of anilines is 1. The average Bonchev–Trinajstić information content (AvgIpc) is 2.64. The van der Waals surface area contributed by atoms with E-state index in [2.05, 4.69) is 5.32 Å². The van der Waals surface area contributed by atoms with E-state index in [1.165, 1.54) is 0 Å². The summed E-state index contributed by atoms with van der Waals surface area (Å²) in [6, 6.07) is 24.9. The Morgan fingerprint density at radius 1 is 0.920 bits per heavy atom. The summed E-state index contributed by atoms with van der Waals surface area (Å²) in [5.74, 6) is -0.166. The molecular weight excluding hydrogens is 330 g/mol. The number of hydrogen-bond acceptors (Lipinski definition) is 1. The molecule has 2 nitrogen and oxygen atoms in total. The Morgan fingerprint density at radius 2 is 1.56 bits per heavy atom. The van der Waals surface area contributed by atoms with Gasteiger partial charge in [-0.15, -0.1) is 0 Å². The topological polar surface area (TPSA) is 29.1 Å². The zero-order valence-electron chi connectivity index (χ0n) is 13.9. The second kappa shape index (κ2) is 7.82. The van der Waals surface area contributed by atoms with E-state index in [0.29, 0.717) is 16.3 Å². The standard InChI is InChI=1S/C22H18ClNO/c1-16-12-13-19(23)15-21(16)24-22(25)20(18-10-6-3-7-11-18)14-17-8-4-2-5-9-17/h2-15H,1H3,(H,24,25)/b20-14+. The summed E-state index contributed by atoms with van der Waals surface area (Å²) in [5, 5.41) is 3.57. The molecule has 0 heterocycles. The molecule has 0 bridgehead atoms. The lowest BCUT2D eigenvalue weighted by Crippen LogP contribution is -2.14. The third-order valence-electron chi connectivity index (χ3n) is 3.89. The van der Waals surface area contributed by atoms with E-state index in [9.17, 15) is 4.79 Å². The van der Waals surface area contributed by atoms with E-state index in [-0.39, 0.29) is 5.91 Å². The first kappa shape index (κ1) is 17.0. The lowest BCUT2D eigenvalue weighted by Gasteiger charge is -2.12. The molecule has 0 aliphatic carbocycles. The lowest BCUT2D eigenvalue weighted by molar-refractivity contribution is -0.111. The Kier molecular flexibility index (Phi) is 5.32. The Hall–Kier alpha value is -2.84. The van der Waals surface area contributed by atoms with E-state index in [1.54, 1.807) is 6.07 Å². The minimum atomic E-state index is -0.166. The average molecular weight is 348 g/mol. The van der Waals surface area contributed by atoms with Crippen LogP contribution in [-0.2, 0) is 4.79 Å². The Balaban J connectivity index is 1.98. The van der Waals surface area contributed by atoms with Gasteiger partial charge in [0.05, 0.1) is 0 Å². The number of hydrogen-bond donors (Lipinski definition) is 1. The van der Waals surface area contributed by atoms with Crippen molar-refractivity contribution < 1.29 is 4.79 Å². The van der Waals surface area contributed by atoms with Crippen LogP contribution in [0.1, 0.15) is 16.7 Å². The SMILES string of the molecule is Cc1ccc(Cl)cc1NC(=O)/C(=C/c1ccccc1)c1ccccc1. The van der Waals surface area contributed by atoms with Crippen molar-refractivity contribution in [1.82, 2.24) is 0 Å². The van der Waals surface area contributed by atoms with Crippen molar-refractivity contribution in [3.05, 3.63) is 101 Å². The highest BCUT2D eigenvalue weighted by Gasteiger charge is 2.13. The second-order valence-corrected chi connectivity index (χ2v) is 6.18. The fourth-order valence-electron chi connectivity index (χ4n) is 2.53. The molecule has 0 aliphatic rings. The first-order valence-corrected chi connectivity index (χ1v) is 8.41. The minimum absolute atomic E-state index is 0.166. The van der Waals surface area contributed by atoms with Crippen LogP contribution in [0.25, 0.3) is 11.6 Å². The summed E-state index contributed by atoms with van der Waals surface area (Å²) >= 11 is 6.06. The fraction of sp³-hybridized carbons (Fsp3) is 0.0455. The van der Waals surface area contributed by atoms with Gasteiger partial charge in [-0.25, -0.2) is 0 Å². The molecule has 3 rings (SSSR count). The predicted octanol–water partition coefficient (Wildman–Crippen LogP) is 5.83. The molecule has 3 heteroatoms. The van der Waals surface area contributed by atoms with Crippen LogP contribution in [0.5, 0.6) is 0 Å². The highest BCUT2D eigenvalue weighted by molar-refractivity contribution is 6.32. The van der Waals surface area contributed by atoms with Crippen LogP contribution in [0.2, 0.25) is 5.02 Å². The van der Waals surface area contributed by atoms with Gasteiger partial charge in [0.15, 0.2) is 0 Å². The van der Waals surface area contributed by atoms with Gasteiger partial charge < -0.3 is 5.32 Å². The Bertz CT molecular complexity index is 902. The molecule has 3 aromatic rings. The van der Waals surface area contributed by atoms with Crippen molar-refractivity contribution in [1.29, 1.82) is 0 Å². The van der Waals surface area contributed by atoms with Crippen molar-refractivity contribution in [3.8, 4) is 0 Å². The van der Waals surface area contributed by atoms with Crippen molar-refractivity contribution >= 4 is 34.8 Å². The molecule has 1 N–H and O–H groups in total. The largest absolute Gasteiger partial charge is 0.322 e. The van der Waals surface area contributed by atoms with E-state index in [0.717, 1.165) is 16.7 Å². The van der Waals surface area contributed by atoms with Crippen molar-refractivity contribution in [2.24, 2.45) is 0 Å². The smallest absolute Gasteiger partial charge is 0.256 e. The van der Waals surface area contributed by atoms with Crippen LogP contribution in [0.15, 0.2) is 78.9 Å². The van der Waals surface area contributed by atoms with Crippen LogP contribution >= 0.6 is 11.6 Å². The monoisotopic (exact) mass is 347 g/mol. The first-order valence-electron chi connectivity index (χ1n) is 8.03. The Morgan fingerprint density at radius 3 is 2.24 bits per heavy atom. The molecule has 25 heavy (non-hydrogen) atoms. The molecule has 0 saturated carbocycles. The van der Waals surface area contributed by atoms with Gasteiger partial charge in [-0.1, -0.05) is 78.3 Å². The summed E-state index contributed by atoms with van der Waals surface area (Å²) in [4.78, 5) is 13.0. The number of amides is 1. The maximum absolute atomic E-state index is 13.0. The second-order valence-electron chi connectivity index (χ2n) is 5.75. The lowest BCUT2D eigenvalue weighted by atomic mass is 10.0. The van der Waals surface area contributed by atoms with Crippen molar-refractivity contribution in [2.75, 3.05) is 5.32 Å². The van der Waals surface area contributed by atoms with Crippen LogP contribution < -0.4 is 5.32 Å². The summed E-state index contributed by atoms with van der Waals surface area (Å²) in [7, 11) is 0. The molecule has 0 radical (unpaired) electrons. The fourth-order valence-corrected chi connectivity index (χ4v) is 2.70. The van der Waals surface area contributed by atoms with E-state index in [4.69, 9.17) is 11.6 Å². The van der Waals surface area contributed by atoms with Gasteiger partial charge in [-0.3, -0.25) is 4.79 Å². The highest BCUT2D eigenvalue weighted by atomic mass is 35.5. The van der Waals surface area contributed by atoms with Gasteiger partial charge in [-0.2, -0.15) is 0 Å². The predicted molar refractivity (Wildman–Crippen MR) is 106 cm³/mol. The Labute approximate surface area is 152 Å². The van der Waals surface area contributed by atoms with Crippen molar-refractivity contribution in [2.45, 2.75) is 6.92 Å². The maximum Gasteiger partial charge on any atom is 0.256 e. The summed E-state index contributed by atoms with van der Waals surface area (Å²) < 4.78 is 0. The molecule has 0 unspecified atom stereocenters. The molecular formula is C22H18ClNO.